The Hall–Kier alpha value is -2.69. The van der Waals surface area contributed by atoms with Crippen molar-refractivity contribution in [1.82, 2.24) is 4.31 Å². The van der Waals surface area contributed by atoms with Crippen LogP contribution in [0.25, 0.3) is 5.57 Å². The van der Waals surface area contributed by atoms with Gasteiger partial charge in [-0.25, -0.2) is 8.42 Å². The second-order valence-electron chi connectivity index (χ2n) is 7.58. The van der Waals surface area contributed by atoms with Gasteiger partial charge in [0, 0.05) is 6.04 Å². The Morgan fingerprint density at radius 2 is 1.41 bits per heavy atom. The van der Waals surface area contributed by atoms with E-state index in [9.17, 15) is 8.42 Å². The van der Waals surface area contributed by atoms with E-state index in [0.29, 0.717) is 11.3 Å². The van der Waals surface area contributed by atoms with Crippen molar-refractivity contribution >= 4 is 15.6 Å². The van der Waals surface area contributed by atoms with Crippen LogP contribution >= 0.6 is 0 Å². The zero-order valence-electron chi connectivity index (χ0n) is 16.7. The van der Waals surface area contributed by atoms with Crippen molar-refractivity contribution in [3.05, 3.63) is 108 Å². The topological polar surface area (TPSA) is 37.4 Å². The second-order valence-corrected chi connectivity index (χ2v) is 9.43. The maximum Gasteiger partial charge on any atom is 0.244 e. The van der Waals surface area contributed by atoms with Gasteiger partial charge in [0.15, 0.2) is 0 Å². The quantitative estimate of drug-likeness (QED) is 0.596. The predicted molar refractivity (Wildman–Crippen MR) is 118 cm³/mol. The molecule has 0 radical (unpaired) electrons. The first-order chi connectivity index (χ1) is 14.0. The number of nitrogens with zero attached hydrogens (tertiary/aromatic N) is 1. The van der Waals surface area contributed by atoms with E-state index >= 15 is 0 Å². The Bertz CT molecular complexity index is 1100. The van der Waals surface area contributed by atoms with Crippen LogP contribution in [0.15, 0.2) is 95.9 Å². The zero-order chi connectivity index (χ0) is 20.4. The number of hydrogen-bond donors (Lipinski definition) is 0. The lowest BCUT2D eigenvalue weighted by Gasteiger charge is -2.30. The first kappa shape index (κ1) is 19.6. The molecule has 4 heteroatoms. The third-order valence-electron chi connectivity index (χ3n) is 5.46. The highest BCUT2D eigenvalue weighted by atomic mass is 32.2. The lowest BCUT2D eigenvalue weighted by molar-refractivity contribution is 0.356. The van der Waals surface area contributed by atoms with Crippen LogP contribution < -0.4 is 0 Å². The number of hydrogen-bond acceptors (Lipinski definition) is 2. The van der Waals surface area contributed by atoms with Gasteiger partial charge in [-0.3, -0.25) is 0 Å². The molecule has 2 atom stereocenters. The SMILES string of the molecule is Cc1ccc(S(=O)(=O)N2[C@H](C)C=C(c3ccccc3)[C@H]2Cc2ccccc2)cc1. The summed E-state index contributed by atoms with van der Waals surface area (Å²) in [5.41, 5.74) is 4.31. The predicted octanol–water partition coefficient (Wildman–Crippen LogP) is 5.08. The van der Waals surface area contributed by atoms with E-state index < -0.39 is 10.0 Å². The standard InChI is InChI=1S/C25H25NO2S/c1-19-13-15-23(16-14-19)29(27,28)26-20(2)17-24(22-11-7-4-8-12-22)25(26)18-21-9-5-3-6-10-21/h3-17,20,25H,18H2,1-2H3/t20-,25-/m1/s1. The van der Waals surface area contributed by atoms with Crippen LogP contribution in [0.4, 0.5) is 0 Å². The summed E-state index contributed by atoms with van der Waals surface area (Å²) in [6.07, 6.45) is 2.73. The third kappa shape index (κ3) is 3.91. The average molecular weight is 404 g/mol. The Morgan fingerprint density at radius 1 is 0.828 bits per heavy atom. The van der Waals surface area contributed by atoms with Gasteiger partial charge in [-0.1, -0.05) is 84.4 Å². The lowest BCUT2D eigenvalue weighted by Crippen LogP contribution is -2.42. The van der Waals surface area contributed by atoms with Crippen molar-refractivity contribution in [3.8, 4) is 0 Å². The minimum Gasteiger partial charge on any atom is -0.207 e. The van der Waals surface area contributed by atoms with Gasteiger partial charge in [0.1, 0.15) is 0 Å². The van der Waals surface area contributed by atoms with E-state index in [1.54, 1.807) is 16.4 Å². The molecule has 3 aromatic rings. The summed E-state index contributed by atoms with van der Waals surface area (Å²) in [5.74, 6) is 0. The molecule has 0 saturated carbocycles. The van der Waals surface area contributed by atoms with Crippen LogP contribution in [-0.4, -0.2) is 24.8 Å². The van der Waals surface area contributed by atoms with Crippen molar-refractivity contribution in [2.45, 2.75) is 37.2 Å². The zero-order valence-corrected chi connectivity index (χ0v) is 17.5. The molecule has 0 saturated heterocycles. The molecular weight excluding hydrogens is 378 g/mol. The van der Waals surface area contributed by atoms with E-state index in [2.05, 4.69) is 30.3 Å². The molecule has 0 aliphatic carbocycles. The fourth-order valence-electron chi connectivity index (χ4n) is 4.04. The largest absolute Gasteiger partial charge is 0.244 e. The summed E-state index contributed by atoms with van der Waals surface area (Å²) in [5, 5.41) is 0. The van der Waals surface area contributed by atoms with E-state index in [4.69, 9.17) is 0 Å². The van der Waals surface area contributed by atoms with Crippen LogP contribution in [0.3, 0.4) is 0 Å². The lowest BCUT2D eigenvalue weighted by atomic mass is 9.95. The van der Waals surface area contributed by atoms with Gasteiger partial charge in [-0.2, -0.15) is 4.31 Å². The van der Waals surface area contributed by atoms with E-state index in [1.165, 1.54) is 0 Å². The number of aryl methyl sites for hydroxylation is 1. The Labute approximate surface area is 173 Å². The molecule has 0 bridgehead atoms. The van der Waals surface area contributed by atoms with Crippen molar-refractivity contribution in [2.24, 2.45) is 0 Å². The fraction of sp³-hybridized carbons (Fsp3) is 0.200. The maximum absolute atomic E-state index is 13.6. The van der Waals surface area contributed by atoms with Crippen LogP contribution in [0.1, 0.15) is 23.6 Å². The van der Waals surface area contributed by atoms with Gasteiger partial charge in [0.05, 0.1) is 10.9 Å². The molecule has 0 N–H and O–H groups in total. The molecule has 1 aliphatic rings. The van der Waals surface area contributed by atoms with E-state index in [-0.39, 0.29) is 12.1 Å². The molecule has 0 amide bonds. The smallest absolute Gasteiger partial charge is 0.207 e. The Kier molecular flexibility index (Phi) is 5.39. The van der Waals surface area contributed by atoms with Crippen molar-refractivity contribution in [3.63, 3.8) is 0 Å². The van der Waals surface area contributed by atoms with Gasteiger partial charge in [0.25, 0.3) is 0 Å². The highest BCUT2D eigenvalue weighted by Crippen LogP contribution is 2.37. The van der Waals surface area contributed by atoms with Gasteiger partial charge in [-0.15, -0.1) is 0 Å². The molecule has 3 aromatic carbocycles. The fourth-order valence-corrected chi connectivity index (χ4v) is 5.79. The van der Waals surface area contributed by atoms with Crippen molar-refractivity contribution in [1.29, 1.82) is 0 Å². The summed E-state index contributed by atoms with van der Waals surface area (Å²) in [7, 11) is -3.63. The monoisotopic (exact) mass is 403 g/mol. The van der Waals surface area contributed by atoms with Gasteiger partial charge in [0.2, 0.25) is 10.0 Å². The molecule has 0 aromatic heterocycles. The normalized spacial score (nSPS) is 19.9. The number of rotatable bonds is 5. The summed E-state index contributed by atoms with van der Waals surface area (Å²) in [6.45, 7) is 3.92. The van der Waals surface area contributed by atoms with Gasteiger partial charge < -0.3 is 0 Å². The van der Waals surface area contributed by atoms with Crippen LogP contribution in [0, 0.1) is 6.92 Å². The maximum atomic E-state index is 13.6. The van der Waals surface area contributed by atoms with Crippen LogP contribution in [0.5, 0.6) is 0 Å². The minimum atomic E-state index is -3.63. The molecule has 0 unspecified atom stereocenters. The first-order valence-electron chi connectivity index (χ1n) is 9.88. The van der Waals surface area contributed by atoms with Gasteiger partial charge >= 0.3 is 0 Å². The highest BCUT2D eigenvalue weighted by molar-refractivity contribution is 7.89. The van der Waals surface area contributed by atoms with Crippen molar-refractivity contribution in [2.75, 3.05) is 0 Å². The summed E-state index contributed by atoms with van der Waals surface area (Å²) < 4.78 is 28.9. The average Bonchev–Trinajstić information content (AvgIpc) is 3.06. The van der Waals surface area contributed by atoms with E-state index in [0.717, 1.165) is 22.3 Å². The summed E-state index contributed by atoms with van der Waals surface area (Å²) in [6, 6.07) is 26.8. The highest BCUT2D eigenvalue weighted by Gasteiger charge is 2.41. The molecule has 4 rings (SSSR count). The van der Waals surface area contributed by atoms with E-state index in [1.807, 2.05) is 62.4 Å². The number of benzene rings is 3. The molecule has 1 aliphatic heterocycles. The number of sulfonamides is 1. The molecule has 0 fully saturated rings. The minimum absolute atomic E-state index is 0.217. The molecular formula is C25H25NO2S. The van der Waals surface area contributed by atoms with Gasteiger partial charge in [-0.05, 0) is 49.1 Å². The first-order valence-corrected chi connectivity index (χ1v) is 11.3. The molecule has 148 valence electrons. The summed E-state index contributed by atoms with van der Waals surface area (Å²) in [4.78, 5) is 0.343. The Morgan fingerprint density at radius 3 is 2.03 bits per heavy atom. The van der Waals surface area contributed by atoms with Crippen LogP contribution in [0.2, 0.25) is 0 Å². The molecule has 1 heterocycles. The molecule has 29 heavy (non-hydrogen) atoms. The second kappa shape index (κ2) is 7.97. The molecule has 3 nitrogen and oxygen atoms in total. The summed E-state index contributed by atoms with van der Waals surface area (Å²) >= 11 is 0. The molecule has 0 spiro atoms. The van der Waals surface area contributed by atoms with Crippen molar-refractivity contribution < 1.29 is 8.42 Å². The van der Waals surface area contributed by atoms with Crippen LogP contribution in [-0.2, 0) is 16.4 Å². The third-order valence-corrected chi connectivity index (χ3v) is 7.47. The Balaban J connectivity index is 1.78.